The van der Waals surface area contributed by atoms with Crippen molar-refractivity contribution in [2.45, 2.75) is 59.5 Å². The monoisotopic (exact) mass is 286 g/mol. The van der Waals surface area contributed by atoms with Gasteiger partial charge in [-0.05, 0) is 62.7 Å². The van der Waals surface area contributed by atoms with Gasteiger partial charge in [0.25, 0.3) is 0 Å². The van der Waals surface area contributed by atoms with Crippen molar-refractivity contribution in [3.8, 4) is 0 Å². The third kappa shape index (κ3) is 1.67. The Morgan fingerprint density at radius 1 is 1.43 bits per heavy atom. The number of allylic oxidation sites excluding steroid dienone is 3. The Balaban J connectivity index is 1.51. The van der Waals surface area contributed by atoms with E-state index in [2.05, 4.69) is 45.9 Å². The molecule has 3 aliphatic carbocycles. The second-order valence-electron chi connectivity index (χ2n) is 8.63. The second-order valence-corrected chi connectivity index (χ2v) is 8.63. The lowest BCUT2D eigenvalue weighted by molar-refractivity contribution is 0.0140. The normalized spacial score (nSPS) is 50.5. The summed E-state index contributed by atoms with van der Waals surface area (Å²) in [5.74, 6) is 3.31. The molecule has 1 heterocycles. The summed E-state index contributed by atoms with van der Waals surface area (Å²) in [7, 11) is 0. The predicted molar refractivity (Wildman–Crippen MR) is 87.0 cm³/mol. The van der Waals surface area contributed by atoms with Crippen molar-refractivity contribution in [1.82, 2.24) is 0 Å². The van der Waals surface area contributed by atoms with Crippen LogP contribution < -0.4 is 0 Å². The Labute approximate surface area is 129 Å². The van der Waals surface area contributed by atoms with E-state index >= 15 is 0 Å². The fraction of sp³-hybridized carbons (Fsp3) is 0.800. The second kappa shape index (κ2) is 4.47. The quantitative estimate of drug-likeness (QED) is 0.662. The summed E-state index contributed by atoms with van der Waals surface area (Å²) in [5, 5.41) is 0. The summed E-state index contributed by atoms with van der Waals surface area (Å²) < 4.78 is 6.22. The number of ether oxygens (including phenoxy) is 1. The van der Waals surface area contributed by atoms with E-state index in [1.807, 2.05) is 0 Å². The van der Waals surface area contributed by atoms with Crippen LogP contribution in [0.1, 0.15) is 53.4 Å². The van der Waals surface area contributed by atoms with E-state index in [-0.39, 0.29) is 0 Å². The van der Waals surface area contributed by atoms with Crippen LogP contribution in [-0.2, 0) is 4.74 Å². The van der Waals surface area contributed by atoms with Crippen molar-refractivity contribution in [2.24, 2.45) is 34.5 Å². The van der Waals surface area contributed by atoms with E-state index in [1.54, 1.807) is 0 Å². The van der Waals surface area contributed by atoms with E-state index in [4.69, 9.17) is 4.74 Å². The van der Waals surface area contributed by atoms with Crippen molar-refractivity contribution < 1.29 is 4.74 Å². The van der Waals surface area contributed by atoms with Crippen molar-refractivity contribution >= 4 is 0 Å². The molecule has 1 nitrogen and oxygen atoms in total. The van der Waals surface area contributed by atoms with Crippen LogP contribution in [-0.4, -0.2) is 12.7 Å². The van der Waals surface area contributed by atoms with Crippen molar-refractivity contribution in [3.05, 3.63) is 23.8 Å². The van der Waals surface area contributed by atoms with Crippen LogP contribution in [0.3, 0.4) is 0 Å². The Bertz CT molecular complexity index is 500. The van der Waals surface area contributed by atoms with Crippen molar-refractivity contribution in [3.63, 3.8) is 0 Å². The first-order valence-corrected chi connectivity index (χ1v) is 8.95. The van der Waals surface area contributed by atoms with Crippen LogP contribution in [0.4, 0.5) is 0 Å². The zero-order valence-corrected chi connectivity index (χ0v) is 14.1. The third-order valence-electron chi connectivity index (χ3n) is 7.39. The molecule has 2 unspecified atom stereocenters. The summed E-state index contributed by atoms with van der Waals surface area (Å²) in [6.45, 7) is 10.5. The Morgan fingerprint density at radius 2 is 2.24 bits per heavy atom. The molecular weight excluding hydrogens is 256 g/mol. The van der Waals surface area contributed by atoms with E-state index in [1.165, 1.54) is 31.3 Å². The molecule has 1 saturated heterocycles. The first-order chi connectivity index (χ1) is 10.0. The molecule has 0 radical (unpaired) electrons. The summed E-state index contributed by atoms with van der Waals surface area (Å²) in [4.78, 5) is 0. The van der Waals surface area contributed by atoms with Crippen molar-refractivity contribution in [1.29, 1.82) is 0 Å². The largest absolute Gasteiger partial charge is 0.377 e. The Hall–Kier alpha value is -0.560. The summed E-state index contributed by atoms with van der Waals surface area (Å²) in [6, 6.07) is 0. The van der Waals surface area contributed by atoms with Gasteiger partial charge in [-0.15, -0.1) is 0 Å². The van der Waals surface area contributed by atoms with Gasteiger partial charge in [0.1, 0.15) is 0 Å². The molecule has 1 aliphatic heterocycles. The van der Waals surface area contributed by atoms with Crippen LogP contribution >= 0.6 is 0 Å². The Morgan fingerprint density at radius 3 is 2.95 bits per heavy atom. The maximum atomic E-state index is 6.22. The van der Waals surface area contributed by atoms with Crippen LogP contribution in [0.15, 0.2) is 23.8 Å². The predicted octanol–water partition coefficient (Wildman–Crippen LogP) is 4.99. The average Bonchev–Trinajstić information content (AvgIpc) is 2.74. The fourth-order valence-electron chi connectivity index (χ4n) is 6.27. The molecule has 116 valence electrons. The van der Waals surface area contributed by atoms with Crippen LogP contribution in [0.25, 0.3) is 0 Å². The van der Waals surface area contributed by atoms with Gasteiger partial charge in [-0.1, -0.05) is 37.6 Å². The van der Waals surface area contributed by atoms with Crippen LogP contribution in [0.2, 0.25) is 0 Å². The molecule has 7 atom stereocenters. The lowest BCUT2D eigenvalue weighted by Crippen LogP contribution is -2.44. The standard InChI is InChI=1S/C20H30O/c1-13(2)6-5-7-14(3)15-8-10-19(4)11-9-16-18-20(16,19)17(15)12-21-18/h6,9,11,14-18H,5,7-8,10,12H2,1-4H3/t14-,15+,16?,17?,18+,19-,20-/m1/s1. The molecule has 1 heteroatoms. The van der Waals surface area contributed by atoms with Gasteiger partial charge in [-0.3, -0.25) is 0 Å². The lowest BCUT2D eigenvalue weighted by atomic mass is 9.55. The van der Waals surface area contributed by atoms with Gasteiger partial charge in [0.05, 0.1) is 12.7 Å². The minimum Gasteiger partial charge on any atom is -0.377 e. The van der Waals surface area contributed by atoms with Gasteiger partial charge < -0.3 is 4.74 Å². The molecule has 0 bridgehead atoms. The molecule has 2 saturated carbocycles. The molecule has 21 heavy (non-hydrogen) atoms. The highest BCUT2D eigenvalue weighted by Gasteiger charge is 2.82. The van der Waals surface area contributed by atoms with Gasteiger partial charge in [0, 0.05) is 11.3 Å². The zero-order chi connectivity index (χ0) is 14.8. The SMILES string of the molecule is CC(C)=CCC[C@@H](C)[C@@H]1CC[C@]2(C)C=CC3[C@@H]4OCC1[C@]342. The van der Waals surface area contributed by atoms with Gasteiger partial charge in [-0.2, -0.15) is 0 Å². The summed E-state index contributed by atoms with van der Waals surface area (Å²) in [6.07, 6.45) is 13.4. The van der Waals surface area contributed by atoms with E-state index < -0.39 is 0 Å². The number of fused-ring (bicyclic) bond motifs is 1. The van der Waals surface area contributed by atoms with Crippen LogP contribution in [0.5, 0.6) is 0 Å². The lowest BCUT2D eigenvalue weighted by Gasteiger charge is -2.48. The first-order valence-electron chi connectivity index (χ1n) is 8.95. The van der Waals surface area contributed by atoms with Gasteiger partial charge in [-0.25, -0.2) is 0 Å². The number of rotatable bonds is 4. The molecule has 4 rings (SSSR count). The highest BCUT2D eigenvalue weighted by atomic mass is 16.5. The van der Waals surface area contributed by atoms with Gasteiger partial charge >= 0.3 is 0 Å². The van der Waals surface area contributed by atoms with E-state index in [9.17, 15) is 0 Å². The molecule has 0 aromatic carbocycles. The first kappa shape index (κ1) is 14.1. The Kier molecular flexibility index (Phi) is 2.99. The minimum absolute atomic E-state index is 0.444. The summed E-state index contributed by atoms with van der Waals surface area (Å²) in [5.41, 5.74) is 2.42. The van der Waals surface area contributed by atoms with Gasteiger partial charge in [0.15, 0.2) is 0 Å². The molecule has 4 aliphatic rings. The maximum absolute atomic E-state index is 6.22. The molecule has 1 spiro atoms. The smallest absolute Gasteiger partial charge is 0.0719 e. The minimum atomic E-state index is 0.444. The highest BCUT2D eigenvalue weighted by molar-refractivity contribution is 5.40. The molecule has 0 amide bonds. The average molecular weight is 286 g/mol. The molecule has 0 N–H and O–H groups in total. The van der Waals surface area contributed by atoms with E-state index in [0.29, 0.717) is 16.9 Å². The van der Waals surface area contributed by atoms with Crippen molar-refractivity contribution in [2.75, 3.05) is 6.61 Å². The number of hydrogen-bond acceptors (Lipinski definition) is 1. The molecule has 3 fully saturated rings. The molecule has 0 aromatic rings. The number of hydrogen-bond donors (Lipinski definition) is 0. The summed E-state index contributed by atoms with van der Waals surface area (Å²) >= 11 is 0. The maximum Gasteiger partial charge on any atom is 0.0719 e. The fourth-order valence-corrected chi connectivity index (χ4v) is 6.27. The van der Waals surface area contributed by atoms with E-state index in [0.717, 1.165) is 30.3 Å². The van der Waals surface area contributed by atoms with Gasteiger partial charge in [0.2, 0.25) is 0 Å². The third-order valence-corrected chi connectivity index (χ3v) is 7.39. The highest BCUT2D eigenvalue weighted by Crippen LogP contribution is 2.80. The topological polar surface area (TPSA) is 9.23 Å². The molecular formula is C20H30O. The molecule has 0 aromatic heterocycles. The zero-order valence-electron chi connectivity index (χ0n) is 14.1. The van der Waals surface area contributed by atoms with Crippen LogP contribution in [0, 0.1) is 34.5 Å².